The van der Waals surface area contributed by atoms with Crippen LogP contribution in [0.3, 0.4) is 0 Å². The average Bonchev–Trinajstić information content (AvgIpc) is 2.28. The topological polar surface area (TPSA) is 34.2 Å². The Morgan fingerprint density at radius 3 is 2.30 bits per heavy atom. The van der Waals surface area contributed by atoms with Crippen LogP contribution in [0.2, 0.25) is 0 Å². The molecule has 0 aliphatic rings. The summed E-state index contributed by atoms with van der Waals surface area (Å²) in [7, 11) is 0. The third kappa shape index (κ3) is 4.55. The van der Waals surface area contributed by atoms with Crippen LogP contribution in [-0.4, -0.2) is 30.0 Å². The molecule has 0 unspecified atom stereocenters. The smallest absolute Gasteiger partial charge is 0.370 e. The van der Waals surface area contributed by atoms with Crippen molar-refractivity contribution >= 4 is 5.82 Å². The summed E-state index contributed by atoms with van der Waals surface area (Å²) in [6.07, 6.45) is -13.5. The molecule has 1 aromatic heterocycles. The molecule has 1 N–H and O–H groups in total. The summed E-state index contributed by atoms with van der Waals surface area (Å²) in [4.78, 5) is 3.82. The lowest BCUT2D eigenvalue weighted by Gasteiger charge is -2.23. The van der Waals surface area contributed by atoms with Crippen molar-refractivity contribution in [1.82, 2.24) is 4.98 Å². The van der Waals surface area contributed by atoms with Gasteiger partial charge in [-0.3, -0.25) is 0 Å². The number of rotatable bonds is 5. The van der Waals surface area contributed by atoms with E-state index in [4.69, 9.17) is 0 Å². The molecule has 0 spiro atoms. The van der Waals surface area contributed by atoms with Crippen molar-refractivity contribution in [2.45, 2.75) is 32.0 Å². The molecule has 0 aromatic carbocycles. The minimum Gasteiger partial charge on any atom is -0.370 e. The molecule has 0 aliphatic heterocycles. The first-order valence-corrected chi connectivity index (χ1v) is 5.59. The van der Waals surface area contributed by atoms with Gasteiger partial charge >= 0.3 is 12.4 Å². The third-order valence-corrected chi connectivity index (χ3v) is 2.24. The maximum absolute atomic E-state index is 12.3. The molecule has 20 heavy (non-hydrogen) atoms. The average molecular weight is 302 g/mol. The highest BCUT2D eigenvalue weighted by Crippen LogP contribution is 2.36. The molecule has 0 saturated carbocycles. The molecule has 3 nitrogen and oxygen atoms in total. The first-order valence-electron chi connectivity index (χ1n) is 5.59. The van der Waals surface area contributed by atoms with Gasteiger partial charge in [0.05, 0.1) is 6.61 Å². The van der Waals surface area contributed by atoms with Crippen molar-refractivity contribution in [2.24, 2.45) is 0 Å². The molecule has 1 heterocycles. The SMILES string of the molecule is CCNc1ncccc1COC(C(F)(F)F)C(F)(F)F. The van der Waals surface area contributed by atoms with Crippen molar-refractivity contribution in [3.8, 4) is 0 Å². The van der Waals surface area contributed by atoms with Crippen LogP contribution < -0.4 is 5.32 Å². The maximum Gasteiger partial charge on any atom is 0.423 e. The fourth-order valence-electron chi connectivity index (χ4n) is 1.43. The number of ether oxygens (including phenoxy) is 1. The second-order valence-electron chi connectivity index (χ2n) is 3.82. The summed E-state index contributed by atoms with van der Waals surface area (Å²) in [6, 6.07) is 2.74. The van der Waals surface area contributed by atoms with Gasteiger partial charge < -0.3 is 10.1 Å². The summed E-state index contributed by atoms with van der Waals surface area (Å²) in [5.74, 6) is 0.193. The number of pyridine rings is 1. The summed E-state index contributed by atoms with van der Waals surface area (Å²) >= 11 is 0. The highest BCUT2D eigenvalue weighted by atomic mass is 19.4. The number of alkyl halides is 6. The Balaban J connectivity index is 2.83. The minimum atomic E-state index is -5.52. The molecule has 9 heteroatoms. The first kappa shape index (κ1) is 16.5. The van der Waals surface area contributed by atoms with Crippen LogP contribution in [0.5, 0.6) is 0 Å². The molecule has 1 rings (SSSR count). The van der Waals surface area contributed by atoms with E-state index in [0.29, 0.717) is 6.54 Å². The zero-order valence-electron chi connectivity index (χ0n) is 10.3. The van der Waals surface area contributed by atoms with Gasteiger partial charge in [0.2, 0.25) is 6.10 Å². The highest BCUT2D eigenvalue weighted by Gasteiger charge is 2.57. The van der Waals surface area contributed by atoms with E-state index in [1.54, 1.807) is 6.92 Å². The van der Waals surface area contributed by atoms with Crippen LogP contribution in [0.4, 0.5) is 32.2 Å². The zero-order chi connectivity index (χ0) is 15.4. The van der Waals surface area contributed by atoms with Crippen LogP contribution in [0.25, 0.3) is 0 Å². The predicted molar refractivity (Wildman–Crippen MR) is 59.1 cm³/mol. The van der Waals surface area contributed by atoms with E-state index in [1.165, 1.54) is 18.3 Å². The zero-order valence-corrected chi connectivity index (χ0v) is 10.3. The van der Waals surface area contributed by atoms with Crippen molar-refractivity contribution in [2.75, 3.05) is 11.9 Å². The van der Waals surface area contributed by atoms with Gasteiger partial charge in [-0.25, -0.2) is 4.98 Å². The van der Waals surface area contributed by atoms with Gasteiger partial charge in [0.25, 0.3) is 0 Å². The van der Waals surface area contributed by atoms with Crippen molar-refractivity contribution in [3.63, 3.8) is 0 Å². The molecule has 1 aromatic rings. The van der Waals surface area contributed by atoms with Crippen LogP contribution in [0.1, 0.15) is 12.5 Å². The van der Waals surface area contributed by atoms with Gasteiger partial charge in [-0.15, -0.1) is 0 Å². The Bertz CT molecular complexity index is 418. The van der Waals surface area contributed by atoms with Crippen LogP contribution in [0.15, 0.2) is 18.3 Å². The standard InChI is InChI=1S/C11H12F6N2O/c1-2-18-8-7(4-3-5-19-8)6-20-9(10(12,13)14)11(15,16)17/h3-5,9H,2,6H2,1H3,(H,18,19). The summed E-state index contributed by atoms with van der Waals surface area (Å²) < 4.78 is 77.8. The minimum absolute atomic E-state index is 0.118. The van der Waals surface area contributed by atoms with E-state index in [1.807, 2.05) is 0 Å². The Hall–Kier alpha value is -1.51. The number of halogens is 6. The van der Waals surface area contributed by atoms with E-state index in [9.17, 15) is 26.3 Å². The lowest BCUT2D eigenvalue weighted by Crippen LogP contribution is -2.44. The van der Waals surface area contributed by atoms with Gasteiger partial charge in [-0.1, -0.05) is 6.07 Å². The summed E-state index contributed by atoms with van der Waals surface area (Å²) in [5, 5.41) is 2.72. The quantitative estimate of drug-likeness (QED) is 0.845. The van der Waals surface area contributed by atoms with Crippen LogP contribution in [-0.2, 0) is 11.3 Å². The number of hydrogen-bond acceptors (Lipinski definition) is 3. The number of hydrogen-bond donors (Lipinski definition) is 1. The Morgan fingerprint density at radius 2 is 1.80 bits per heavy atom. The van der Waals surface area contributed by atoms with Crippen LogP contribution >= 0.6 is 0 Å². The molecule has 114 valence electrons. The number of nitrogens with one attached hydrogen (secondary N) is 1. The Labute approximate surface area is 110 Å². The molecule has 0 fully saturated rings. The molecule has 0 atom stereocenters. The van der Waals surface area contributed by atoms with Gasteiger partial charge in [-0.2, -0.15) is 26.3 Å². The molecule has 0 radical (unpaired) electrons. The molecule has 0 saturated heterocycles. The second kappa shape index (κ2) is 6.29. The van der Waals surface area contributed by atoms with E-state index >= 15 is 0 Å². The molecular formula is C11H12F6N2O. The monoisotopic (exact) mass is 302 g/mol. The van der Waals surface area contributed by atoms with Crippen molar-refractivity contribution in [3.05, 3.63) is 23.9 Å². The van der Waals surface area contributed by atoms with Gasteiger partial charge in [0.1, 0.15) is 5.82 Å². The summed E-state index contributed by atoms with van der Waals surface area (Å²) in [5.41, 5.74) is 0.118. The van der Waals surface area contributed by atoms with E-state index < -0.39 is 25.1 Å². The van der Waals surface area contributed by atoms with Crippen LogP contribution in [0, 0.1) is 0 Å². The number of anilines is 1. The molecule has 0 amide bonds. The summed E-state index contributed by atoms with van der Waals surface area (Å²) in [6.45, 7) is 1.29. The molecule has 0 aliphatic carbocycles. The Kier molecular flexibility index (Phi) is 5.21. The largest absolute Gasteiger partial charge is 0.423 e. The Morgan fingerprint density at radius 1 is 1.20 bits per heavy atom. The molecule has 0 bridgehead atoms. The lowest BCUT2D eigenvalue weighted by atomic mass is 10.2. The van der Waals surface area contributed by atoms with E-state index in [2.05, 4.69) is 15.0 Å². The van der Waals surface area contributed by atoms with E-state index in [0.717, 1.165) is 0 Å². The van der Waals surface area contributed by atoms with Crippen molar-refractivity contribution < 1.29 is 31.1 Å². The first-order chi connectivity index (χ1) is 9.16. The number of aromatic nitrogens is 1. The normalized spacial score (nSPS) is 12.8. The number of nitrogens with zero attached hydrogens (tertiary/aromatic N) is 1. The lowest BCUT2D eigenvalue weighted by molar-refractivity contribution is -0.324. The second-order valence-corrected chi connectivity index (χ2v) is 3.82. The molecular weight excluding hydrogens is 290 g/mol. The van der Waals surface area contributed by atoms with Gasteiger partial charge in [0.15, 0.2) is 0 Å². The predicted octanol–water partition coefficient (Wildman–Crippen LogP) is 3.52. The fraction of sp³-hybridized carbons (Fsp3) is 0.545. The van der Waals surface area contributed by atoms with Gasteiger partial charge in [-0.05, 0) is 13.0 Å². The third-order valence-electron chi connectivity index (χ3n) is 2.24. The van der Waals surface area contributed by atoms with Crippen molar-refractivity contribution in [1.29, 1.82) is 0 Å². The highest BCUT2D eigenvalue weighted by molar-refractivity contribution is 5.43. The van der Waals surface area contributed by atoms with E-state index in [-0.39, 0.29) is 11.4 Å². The maximum atomic E-state index is 12.3. The fourth-order valence-corrected chi connectivity index (χ4v) is 1.43. The van der Waals surface area contributed by atoms with Gasteiger partial charge in [0, 0.05) is 18.3 Å².